The van der Waals surface area contributed by atoms with E-state index in [1.165, 1.54) is 19.2 Å². The number of benzene rings is 1. The van der Waals surface area contributed by atoms with Crippen LogP contribution in [0.2, 0.25) is 5.02 Å². The molecule has 0 bridgehead atoms. The standard InChI is InChI=1S/C13H17ClN2O5/c1-20-5-3-4-15-13(19)16-10-7-11(21-2)8(12(17)18)6-9(10)14/h6-7H,3-5H2,1-2H3,(H,17,18)(H2,15,16,19). The minimum atomic E-state index is -1.16. The molecule has 0 aliphatic rings. The van der Waals surface area contributed by atoms with Gasteiger partial charge < -0.3 is 25.2 Å². The van der Waals surface area contributed by atoms with Crippen molar-refractivity contribution in [3.63, 3.8) is 0 Å². The molecule has 0 aliphatic heterocycles. The molecule has 116 valence electrons. The Morgan fingerprint density at radius 1 is 1.33 bits per heavy atom. The van der Waals surface area contributed by atoms with Crippen LogP contribution >= 0.6 is 11.6 Å². The lowest BCUT2D eigenvalue weighted by atomic mass is 10.2. The second-order valence-corrected chi connectivity index (χ2v) is 4.47. The van der Waals surface area contributed by atoms with Crippen LogP contribution in [0.4, 0.5) is 10.5 Å². The van der Waals surface area contributed by atoms with Crippen LogP contribution in [0.25, 0.3) is 0 Å². The highest BCUT2D eigenvalue weighted by Crippen LogP contribution is 2.30. The van der Waals surface area contributed by atoms with E-state index in [1.54, 1.807) is 7.11 Å². The summed E-state index contributed by atoms with van der Waals surface area (Å²) in [5.41, 5.74) is 0.191. The molecule has 1 rings (SSSR count). The molecule has 1 aromatic rings. The normalized spacial score (nSPS) is 10.0. The van der Waals surface area contributed by atoms with Crippen molar-refractivity contribution in [2.75, 3.05) is 32.7 Å². The molecule has 0 fully saturated rings. The van der Waals surface area contributed by atoms with Gasteiger partial charge in [0.2, 0.25) is 0 Å². The quantitative estimate of drug-likeness (QED) is 0.670. The molecular formula is C13H17ClN2O5. The third kappa shape index (κ3) is 5.13. The molecule has 0 aromatic heterocycles. The number of halogens is 1. The minimum absolute atomic E-state index is 0.0754. The third-order valence-corrected chi connectivity index (χ3v) is 2.89. The van der Waals surface area contributed by atoms with E-state index < -0.39 is 12.0 Å². The number of hydrogen-bond acceptors (Lipinski definition) is 4. The number of carboxylic acid groups (broad SMARTS) is 1. The first kappa shape index (κ1) is 17.1. The molecule has 1 aromatic carbocycles. The van der Waals surface area contributed by atoms with Crippen molar-refractivity contribution < 1.29 is 24.2 Å². The molecule has 3 N–H and O–H groups in total. The summed E-state index contributed by atoms with van der Waals surface area (Å²) in [6.07, 6.45) is 0.679. The maximum absolute atomic E-state index is 11.7. The van der Waals surface area contributed by atoms with Gasteiger partial charge in [-0.05, 0) is 12.5 Å². The fraction of sp³-hybridized carbons (Fsp3) is 0.385. The topological polar surface area (TPSA) is 96.9 Å². The van der Waals surface area contributed by atoms with Crippen molar-refractivity contribution >= 4 is 29.3 Å². The summed E-state index contributed by atoms with van der Waals surface area (Å²) >= 11 is 5.95. The second kappa shape index (κ2) is 8.33. The van der Waals surface area contributed by atoms with Crippen molar-refractivity contribution in [3.8, 4) is 5.75 Å². The number of methoxy groups -OCH3 is 2. The fourth-order valence-corrected chi connectivity index (χ4v) is 1.78. The number of aromatic carboxylic acids is 1. The van der Waals surface area contributed by atoms with E-state index in [4.69, 9.17) is 26.2 Å². The van der Waals surface area contributed by atoms with Crippen LogP contribution in [-0.2, 0) is 4.74 Å². The van der Waals surface area contributed by atoms with Gasteiger partial charge in [-0.3, -0.25) is 0 Å². The lowest BCUT2D eigenvalue weighted by Gasteiger charge is -2.12. The van der Waals surface area contributed by atoms with Crippen molar-refractivity contribution in [1.82, 2.24) is 5.32 Å². The van der Waals surface area contributed by atoms with Crippen molar-refractivity contribution in [2.45, 2.75) is 6.42 Å². The highest BCUT2D eigenvalue weighted by molar-refractivity contribution is 6.34. The second-order valence-electron chi connectivity index (χ2n) is 4.06. The molecule has 0 saturated carbocycles. The number of amides is 2. The van der Waals surface area contributed by atoms with Crippen molar-refractivity contribution in [1.29, 1.82) is 0 Å². The smallest absolute Gasteiger partial charge is 0.339 e. The average Bonchev–Trinajstić information content (AvgIpc) is 2.45. The van der Waals surface area contributed by atoms with Crippen LogP contribution in [0.1, 0.15) is 16.8 Å². The Kier molecular flexibility index (Phi) is 6.77. The van der Waals surface area contributed by atoms with Crippen LogP contribution < -0.4 is 15.4 Å². The summed E-state index contributed by atoms with van der Waals surface area (Å²) in [5, 5.41) is 14.3. The minimum Gasteiger partial charge on any atom is -0.496 e. The highest BCUT2D eigenvalue weighted by atomic mass is 35.5. The lowest BCUT2D eigenvalue weighted by Crippen LogP contribution is -2.30. The summed E-state index contributed by atoms with van der Waals surface area (Å²) in [6.45, 7) is 0.990. The van der Waals surface area contributed by atoms with Crippen molar-refractivity contribution in [3.05, 3.63) is 22.7 Å². The van der Waals surface area contributed by atoms with Gasteiger partial charge in [-0.1, -0.05) is 11.6 Å². The van der Waals surface area contributed by atoms with Gasteiger partial charge in [-0.2, -0.15) is 0 Å². The van der Waals surface area contributed by atoms with E-state index in [0.29, 0.717) is 19.6 Å². The summed E-state index contributed by atoms with van der Waals surface area (Å²) in [5.74, 6) is -1.05. The van der Waals surface area contributed by atoms with E-state index in [9.17, 15) is 9.59 Å². The van der Waals surface area contributed by atoms with Crippen LogP contribution in [0.5, 0.6) is 5.75 Å². The first-order valence-corrected chi connectivity index (χ1v) is 6.52. The maximum atomic E-state index is 11.7. The number of urea groups is 1. The zero-order valence-electron chi connectivity index (χ0n) is 11.7. The van der Waals surface area contributed by atoms with E-state index in [2.05, 4.69) is 10.6 Å². The Labute approximate surface area is 127 Å². The van der Waals surface area contributed by atoms with Gasteiger partial charge >= 0.3 is 12.0 Å². The molecule has 0 heterocycles. The van der Waals surface area contributed by atoms with E-state index in [-0.39, 0.29) is 22.0 Å². The summed E-state index contributed by atoms with van der Waals surface area (Å²) in [4.78, 5) is 22.7. The number of carboxylic acids is 1. The Bertz CT molecular complexity index is 522. The first-order valence-electron chi connectivity index (χ1n) is 6.14. The number of ether oxygens (including phenoxy) is 2. The van der Waals surface area contributed by atoms with Crippen LogP contribution in [0, 0.1) is 0 Å². The number of rotatable bonds is 7. The Morgan fingerprint density at radius 3 is 2.62 bits per heavy atom. The molecule has 0 saturated heterocycles. The lowest BCUT2D eigenvalue weighted by molar-refractivity contribution is 0.0693. The van der Waals surface area contributed by atoms with Gasteiger partial charge in [-0.15, -0.1) is 0 Å². The maximum Gasteiger partial charge on any atom is 0.339 e. The highest BCUT2D eigenvalue weighted by Gasteiger charge is 2.16. The Hall–Kier alpha value is -1.99. The predicted octanol–water partition coefficient (Wildman–Crippen LogP) is 2.20. The SMILES string of the molecule is COCCCNC(=O)Nc1cc(OC)c(C(=O)O)cc1Cl. The van der Waals surface area contributed by atoms with Gasteiger partial charge in [0.25, 0.3) is 0 Å². The average molecular weight is 317 g/mol. The number of anilines is 1. The number of carbonyl (C=O) groups excluding carboxylic acids is 1. The zero-order valence-corrected chi connectivity index (χ0v) is 12.5. The molecule has 0 atom stereocenters. The Morgan fingerprint density at radius 2 is 2.05 bits per heavy atom. The fourth-order valence-electron chi connectivity index (χ4n) is 1.57. The number of carbonyl (C=O) groups is 2. The third-order valence-electron chi connectivity index (χ3n) is 2.58. The van der Waals surface area contributed by atoms with Crippen LogP contribution in [0.3, 0.4) is 0 Å². The van der Waals surface area contributed by atoms with Crippen molar-refractivity contribution in [2.24, 2.45) is 0 Å². The van der Waals surface area contributed by atoms with E-state index in [0.717, 1.165) is 0 Å². The van der Waals surface area contributed by atoms with Crippen LogP contribution in [-0.4, -0.2) is 44.5 Å². The number of nitrogens with one attached hydrogen (secondary N) is 2. The summed E-state index contributed by atoms with van der Waals surface area (Å²) in [6, 6.07) is 2.14. The largest absolute Gasteiger partial charge is 0.496 e. The number of hydrogen-bond donors (Lipinski definition) is 3. The summed E-state index contributed by atoms with van der Waals surface area (Å²) < 4.78 is 9.83. The molecule has 7 nitrogen and oxygen atoms in total. The molecule has 2 amide bonds. The molecule has 8 heteroatoms. The molecule has 0 unspecified atom stereocenters. The first-order chi connectivity index (χ1) is 9.99. The Balaban J connectivity index is 2.75. The van der Waals surface area contributed by atoms with Crippen LogP contribution in [0.15, 0.2) is 12.1 Å². The van der Waals surface area contributed by atoms with Gasteiger partial charge in [0.1, 0.15) is 11.3 Å². The zero-order chi connectivity index (χ0) is 15.8. The van der Waals surface area contributed by atoms with Gasteiger partial charge in [0.05, 0.1) is 17.8 Å². The summed E-state index contributed by atoms with van der Waals surface area (Å²) in [7, 11) is 2.92. The van der Waals surface area contributed by atoms with Gasteiger partial charge in [0.15, 0.2) is 0 Å². The van der Waals surface area contributed by atoms with E-state index >= 15 is 0 Å². The van der Waals surface area contributed by atoms with Gasteiger partial charge in [-0.25, -0.2) is 9.59 Å². The molecular weight excluding hydrogens is 300 g/mol. The molecule has 0 spiro atoms. The monoisotopic (exact) mass is 316 g/mol. The molecule has 21 heavy (non-hydrogen) atoms. The van der Waals surface area contributed by atoms with E-state index in [1.807, 2.05) is 0 Å². The predicted molar refractivity (Wildman–Crippen MR) is 78.5 cm³/mol. The van der Waals surface area contributed by atoms with Gasteiger partial charge in [0, 0.05) is 26.3 Å². The molecule has 0 radical (unpaired) electrons. The molecule has 0 aliphatic carbocycles.